The Morgan fingerprint density at radius 2 is 2.10 bits per heavy atom. The van der Waals surface area contributed by atoms with Gasteiger partial charge in [-0.2, -0.15) is 0 Å². The molecule has 2 aliphatic heterocycles. The number of carbonyl (C=O) groups excluding carboxylic acids is 1. The van der Waals surface area contributed by atoms with Crippen LogP contribution in [0, 0.1) is 0 Å². The molecular weight excluding hydrogens is 256 g/mol. The molecule has 0 N–H and O–H groups in total. The van der Waals surface area contributed by atoms with E-state index < -0.39 is 5.60 Å². The third-order valence-electron chi connectivity index (χ3n) is 3.83. The Labute approximate surface area is 122 Å². The lowest BCUT2D eigenvalue weighted by Gasteiger charge is -2.40. The highest BCUT2D eigenvalue weighted by Gasteiger charge is 2.31. The molecule has 0 radical (unpaired) electrons. The van der Waals surface area contributed by atoms with Crippen molar-refractivity contribution >= 4 is 6.09 Å². The van der Waals surface area contributed by atoms with Gasteiger partial charge in [0.2, 0.25) is 0 Å². The van der Waals surface area contributed by atoms with Gasteiger partial charge in [0, 0.05) is 38.8 Å². The topological polar surface area (TPSA) is 42.0 Å². The standard InChI is InChI=1S/C15H28N2O3/c1-12-10-16(11-13-6-5-9-19-13)7-8-17(12)14(18)20-15(2,3)4/h12-13H,5-11H2,1-4H3/t12-,13+/m1/s1. The number of rotatable bonds is 2. The maximum absolute atomic E-state index is 12.1. The molecule has 5 heteroatoms. The van der Waals surface area contributed by atoms with E-state index in [0.29, 0.717) is 6.10 Å². The van der Waals surface area contributed by atoms with E-state index in [1.54, 1.807) is 0 Å². The zero-order valence-corrected chi connectivity index (χ0v) is 13.2. The van der Waals surface area contributed by atoms with Gasteiger partial charge in [0.25, 0.3) is 0 Å². The van der Waals surface area contributed by atoms with Crippen LogP contribution < -0.4 is 0 Å². The molecule has 0 unspecified atom stereocenters. The number of piperazine rings is 1. The predicted molar refractivity (Wildman–Crippen MR) is 77.8 cm³/mol. The summed E-state index contributed by atoms with van der Waals surface area (Å²) in [6, 6.07) is 0.194. The number of hydrogen-bond donors (Lipinski definition) is 0. The van der Waals surface area contributed by atoms with Gasteiger partial charge in [-0.25, -0.2) is 4.79 Å². The Hall–Kier alpha value is -0.810. The van der Waals surface area contributed by atoms with Crippen LogP contribution in [0.4, 0.5) is 4.79 Å². The summed E-state index contributed by atoms with van der Waals surface area (Å²) in [6.45, 7) is 12.2. The van der Waals surface area contributed by atoms with Gasteiger partial charge in [0.05, 0.1) is 6.10 Å². The first-order chi connectivity index (χ1) is 9.35. The number of amides is 1. The van der Waals surface area contributed by atoms with Crippen LogP contribution in [-0.4, -0.2) is 66.4 Å². The second-order valence-electron chi connectivity index (χ2n) is 6.92. The molecule has 0 aromatic heterocycles. The highest BCUT2D eigenvalue weighted by atomic mass is 16.6. The monoisotopic (exact) mass is 284 g/mol. The Balaban J connectivity index is 1.80. The van der Waals surface area contributed by atoms with E-state index in [4.69, 9.17) is 9.47 Å². The number of hydrogen-bond acceptors (Lipinski definition) is 4. The molecule has 5 nitrogen and oxygen atoms in total. The minimum Gasteiger partial charge on any atom is -0.444 e. The summed E-state index contributed by atoms with van der Waals surface area (Å²) in [5.41, 5.74) is -0.425. The maximum Gasteiger partial charge on any atom is 0.410 e. The van der Waals surface area contributed by atoms with Crippen LogP contribution in [-0.2, 0) is 9.47 Å². The summed E-state index contributed by atoms with van der Waals surface area (Å²) in [5.74, 6) is 0. The lowest BCUT2D eigenvalue weighted by Crippen LogP contribution is -2.56. The Kier molecular flexibility index (Phi) is 4.91. The van der Waals surface area contributed by atoms with Crippen LogP contribution >= 0.6 is 0 Å². The van der Waals surface area contributed by atoms with E-state index in [9.17, 15) is 4.79 Å². The van der Waals surface area contributed by atoms with Crippen molar-refractivity contribution in [1.29, 1.82) is 0 Å². The minimum atomic E-state index is -0.425. The fourth-order valence-corrected chi connectivity index (χ4v) is 2.87. The summed E-state index contributed by atoms with van der Waals surface area (Å²) in [5, 5.41) is 0. The smallest absolute Gasteiger partial charge is 0.410 e. The number of nitrogens with zero attached hydrogens (tertiary/aromatic N) is 2. The van der Waals surface area contributed by atoms with E-state index >= 15 is 0 Å². The van der Waals surface area contributed by atoms with Crippen molar-refractivity contribution < 1.29 is 14.3 Å². The summed E-state index contributed by atoms with van der Waals surface area (Å²) >= 11 is 0. The van der Waals surface area contributed by atoms with Gasteiger partial charge >= 0.3 is 6.09 Å². The Morgan fingerprint density at radius 1 is 1.35 bits per heavy atom. The van der Waals surface area contributed by atoms with Crippen molar-refractivity contribution in [2.24, 2.45) is 0 Å². The van der Waals surface area contributed by atoms with Crippen molar-refractivity contribution in [3.05, 3.63) is 0 Å². The van der Waals surface area contributed by atoms with Gasteiger partial charge in [0.15, 0.2) is 0 Å². The lowest BCUT2D eigenvalue weighted by atomic mass is 10.1. The van der Waals surface area contributed by atoms with Crippen LogP contribution in [0.2, 0.25) is 0 Å². The van der Waals surface area contributed by atoms with Gasteiger partial charge in [-0.3, -0.25) is 4.90 Å². The summed E-state index contributed by atoms with van der Waals surface area (Å²) in [7, 11) is 0. The van der Waals surface area contributed by atoms with E-state index in [1.807, 2.05) is 25.7 Å². The quantitative estimate of drug-likeness (QED) is 0.779. The normalized spacial score (nSPS) is 28.7. The maximum atomic E-state index is 12.1. The molecule has 0 saturated carbocycles. The Morgan fingerprint density at radius 3 is 2.65 bits per heavy atom. The van der Waals surface area contributed by atoms with Gasteiger partial charge in [-0.1, -0.05) is 0 Å². The Bertz CT molecular complexity index is 335. The molecular formula is C15H28N2O3. The summed E-state index contributed by atoms with van der Waals surface area (Å²) in [4.78, 5) is 16.4. The van der Waals surface area contributed by atoms with Crippen molar-refractivity contribution in [2.45, 2.75) is 58.3 Å². The molecule has 0 aliphatic carbocycles. The number of ether oxygens (including phenoxy) is 2. The van der Waals surface area contributed by atoms with Crippen molar-refractivity contribution in [2.75, 3.05) is 32.8 Å². The molecule has 116 valence electrons. The second-order valence-corrected chi connectivity index (χ2v) is 6.92. The lowest BCUT2D eigenvalue weighted by molar-refractivity contribution is -0.00624. The third-order valence-corrected chi connectivity index (χ3v) is 3.83. The van der Waals surface area contributed by atoms with Crippen LogP contribution in [0.3, 0.4) is 0 Å². The fraction of sp³-hybridized carbons (Fsp3) is 0.933. The van der Waals surface area contributed by atoms with Crippen LogP contribution in [0.15, 0.2) is 0 Å². The molecule has 1 amide bonds. The molecule has 2 atom stereocenters. The average molecular weight is 284 g/mol. The SMILES string of the molecule is C[C@@H]1CN(C[C@@H]2CCCO2)CCN1C(=O)OC(C)(C)C. The van der Waals surface area contributed by atoms with E-state index in [0.717, 1.165) is 32.8 Å². The highest BCUT2D eigenvalue weighted by Crippen LogP contribution is 2.18. The first-order valence-corrected chi connectivity index (χ1v) is 7.69. The minimum absolute atomic E-state index is 0.193. The molecule has 2 saturated heterocycles. The molecule has 0 aromatic rings. The van der Waals surface area contributed by atoms with Gasteiger partial charge < -0.3 is 14.4 Å². The zero-order valence-electron chi connectivity index (χ0n) is 13.2. The van der Waals surface area contributed by atoms with Crippen LogP contribution in [0.1, 0.15) is 40.5 Å². The van der Waals surface area contributed by atoms with Gasteiger partial charge in [-0.15, -0.1) is 0 Å². The molecule has 20 heavy (non-hydrogen) atoms. The average Bonchev–Trinajstić information content (AvgIpc) is 2.79. The molecule has 0 aromatic carbocycles. The van der Waals surface area contributed by atoms with Gasteiger partial charge in [0.1, 0.15) is 5.60 Å². The largest absolute Gasteiger partial charge is 0.444 e. The summed E-state index contributed by atoms with van der Waals surface area (Å²) in [6.07, 6.45) is 2.54. The highest BCUT2D eigenvalue weighted by molar-refractivity contribution is 5.68. The first-order valence-electron chi connectivity index (χ1n) is 7.69. The summed E-state index contributed by atoms with van der Waals surface area (Å²) < 4.78 is 11.1. The van der Waals surface area contributed by atoms with E-state index in [2.05, 4.69) is 11.8 Å². The van der Waals surface area contributed by atoms with Crippen molar-refractivity contribution in [1.82, 2.24) is 9.80 Å². The molecule has 0 bridgehead atoms. The second kappa shape index (κ2) is 6.31. The molecule has 0 spiro atoms. The zero-order chi connectivity index (χ0) is 14.8. The molecule has 2 rings (SSSR count). The van der Waals surface area contributed by atoms with Crippen molar-refractivity contribution in [3.8, 4) is 0 Å². The van der Waals surface area contributed by atoms with E-state index in [1.165, 1.54) is 12.8 Å². The third kappa shape index (κ3) is 4.35. The van der Waals surface area contributed by atoms with E-state index in [-0.39, 0.29) is 12.1 Å². The van der Waals surface area contributed by atoms with Crippen LogP contribution in [0.25, 0.3) is 0 Å². The molecule has 2 fully saturated rings. The number of carbonyl (C=O) groups is 1. The fourth-order valence-electron chi connectivity index (χ4n) is 2.87. The molecule has 2 aliphatic rings. The predicted octanol–water partition coefficient (Wildman–Crippen LogP) is 2.11. The van der Waals surface area contributed by atoms with Crippen molar-refractivity contribution in [3.63, 3.8) is 0 Å². The molecule has 2 heterocycles. The first kappa shape index (κ1) is 15.6. The van der Waals surface area contributed by atoms with Gasteiger partial charge in [-0.05, 0) is 40.5 Å². The van der Waals surface area contributed by atoms with Crippen LogP contribution in [0.5, 0.6) is 0 Å².